The first-order valence-electron chi connectivity index (χ1n) is 7.84. The van der Waals surface area contributed by atoms with Crippen LogP contribution in [-0.4, -0.2) is 33.6 Å². The molecule has 0 spiro atoms. The molecule has 6 nitrogen and oxygen atoms in total. The predicted octanol–water partition coefficient (Wildman–Crippen LogP) is 2.63. The summed E-state index contributed by atoms with van der Waals surface area (Å²) >= 11 is 0. The van der Waals surface area contributed by atoms with Crippen LogP contribution in [-0.2, 0) is 10.0 Å². The fourth-order valence-corrected chi connectivity index (χ4v) is 3.10. The van der Waals surface area contributed by atoms with Crippen molar-refractivity contribution < 1.29 is 13.2 Å². The summed E-state index contributed by atoms with van der Waals surface area (Å²) in [5.41, 5.74) is 0. The Morgan fingerprint density at radius 2 is 1.84 bits per heavy atom. The van der Waals surface area contributed by atoms with E-state index in [1.807, 2.05) is 42.5 Å². The van der Waals surface area contributed by atoms with Crippen LogP contribution in [0.3, 0.4) is 0 Å². The van der Waals surface area contributed by atoms with E-state index in [0.29, 0.717) is 19.0 Å². The van der Waals surface area contributed by atoms with E-state index in [1.165, 1.54) is 19.3 Å². The van der Waals surface area contributed by atoms with Crippen LogP contribution in [0, 0.1) is 0 Å². The van der Waals surface area contributed by atoms with Gasteiger partial charge in [-0.1, -0.05) is 36.4 Å². The summed E-state index contributed by atoms with van der Waals surface area (Å²) in [6.07, 6.45) is 1.32. The molecule has 3 aromatic rings. The van der Waals surface area contributed by atoms with E-state index in [1.54, 1.807) is 6.07 Å². The maximum absolute atomic E-state index is 11.6. The molecule has 3 rings (SSSR count). The van der Waals surface area contributed by atoms with E-state index in [2.05, 4.69) is 15.0 Å². The van der Waals surface area contributed by atoms with Gasteiger partial charge in [0.2, 0.25) is 10.0 Å². The normalized spacial score (nSPS) is 11.4. The molecule has 0 atom stereocenters. The van der Waals surface area contributed by atoms with Crippen molar-refractivity contribution in [1.29, 1.82) is 0 Å². The molecule has 0 unspecified atom stereocenters. The van der Waals surface area contributed by atoms with Crippen LogP contribution >= 0.6 is 0 Å². The first-order chi connectivity index (χ1) is 12.1. The van der Waals surface area contributed by atoms with E-state index < -0.39 is 10.0 Å². The van der Waals surface area contributed by atoms with Gasteiger partial charge in [0, 0.05) is 11.6 Å². The van der Waals surface area contributed by atoms with Crippen molar-refractivity contribution in [3.8, 4) is 5.75 Å². The summed E-state index contributed by atoms with van der Waals surface area (Å²) in [5, 5.41) is 5.32. The molecule has 2 N–H and O–H groups in total. The minimum Gasteiger partial charge on any atom is -0.491 e. The summed E-state index contributed by atoms with van der Waals surface area (Å²) in [6, 6.07) is 17.1. The Hall–Kier alpha value is -2.64. The number of sulfonamides is 1. The number of hydrogen-bond acceptors (Lipinski definition) is 5. The minimum atomic E-state index is -3.46. The Kier molecular flexibility index (Phi) is 5.16. The quantitative estimate of drug-likeness (QED) is 0.636. The Labute approximate surface area is 146 Å². The second-order valence-electron chi connectivity index (χ2n) is 5.34. The number of benzene rings is 2. The molecular formula is C18H19N3O3S. The number of nitrogens with zero attached hydrogens (tertiary/aromatic N) is 1. The highest BCUT2D eigenvalue weighted by Crippen LogP contribution is 2.24. The largest absolute Gasteiger partial charge is 0.491 e. The van der Waals surface area contributed by atoms with Crippen LogP contribution in [0.4, 0.5) is 5.82 Å². The van der Waals surface area contributed by atoms with Gasteiger partial charge in [-0.2, -0.15) is 0 Å². The number of ether oxygens (including phenoxy) is 1. The number of hydrogen-bond donors (Lipinski definition) is 2. The number of nitrogens with one attached hydrogen (secondary N) is 2. The van der Waals surface area contributed by atoms with Gasteiger partial charge in [0.05, 0.1) is 6.54 Å². The van der Waals surface area contributed by atoms with Gasteiger partial charge in [0.25, 0.3) is 0 Å². The lowest BCUT2D eigenvalue weighted by molar-refractivity contribution is 0.336. The smallest absolute Gasteiger partial charge is 0.241 e. The summed E-state index contributed by atoms with van der Waals surface area (Å²) < 4.78 is 31.4. The molecule has 0 bridgehead atoms. The molecule has 0 saturated carbocycles. The van der Waals surface area contributed by atoms with Crippen molar-refractivity contribution in [2.45, 2.75) is 4.90 Å². The number of anilines is 1. The van der Waals surface area contributed by atoms with Crippen LogP contribution in [0.2, 0.25) is 0 Å². The highest BCUT2D eigenvalue weighted by Gasteiger charge is 2.11. The SMILES string of the molecule is CNS(=O)(=O)c1ccc(NCCOc2cccc3ccccc23)nc1. The molecular weight excluding hydrogens is 338 g/mol. The lowest BCUT2D eigenvalue weighted by Crippen LogP contribution is -2.19. The molecule has 25 heavy (non-hydrogen) atoms. The van der Waals surface area contributed by atoms with Crippen molar-refractivity contribution in [1.82, 2.24) is 9.71 Å². The Morgan fingerprint density at radius 3 is 2.60 bits per heavy atom. The van der Waals surface area contributed by atoms with Crippen molar-refractivity contribution in [2.24, 2.45) is 0 Å². The van der Waals surface area contributed by atoms with Crippen LogP contribution in [0.1, 0.15) is 0 Å². The zero-order chi connectivity index (χ0) is 17.7. The molecule has 1 aromatic heterocycles. The third kappa shape index (κ3) is 4.07. The topological polar surface area (TPSA) is 80.3 Å². The highest BCUT2D eigenvalue weighted by atomic mass is 32.2. The predicted molar refractivity (Wildman–Crippen MR) is 98.4 cm³/mol. The van der Waals surface area contributed by atoms with Crippen LogP contribution in [0.15, 0.2) is 65.7 Å². The minimum absolute atomic E-state index is 0.132. The summed E-state index contributed by atoms with van der Waals surface area (Å²) in [6.45, 7) is 1.01. The number of fused-ring (bicyclic) bond motifs is 1. The maximum Gasteiger partial charge on any atom is 0.241 e. The zero-order valence-electron chi connectivity index (χ0n) is 13.8. The van der Waals surface area contributed by atoms with Gasteiger partial charge in [0.1, 0.15) is 23.1 Å². The van der Waals surface area contributed by atoms with Crippen molar-refractivity contribution >= 4 is 26.6 Å². The Morgan fingerprint density at radius 1 is 1.04 bits per heavy atom. The lowest BCUT2D eigenvalue weighted by atomic mass is 10.1. The van der Waals surface area contributed by atoms with E-state index in [0.717, 1.165) is 16.5 Å². The van der Waals surface area contributed by atoms with Gasteiger partial charge < -0.3 is 10.1 Å². The van der Waals surface area contributed by atoms with Gasteiger partial charge in [0.15, 0.2) is 0 Å². The molecule has 0 aliphatic rings. The van der Waals surface area contributed by atoms with Crippen LogP contribution < -0.4 is 14.8 Å². The van der Waals surface area contributed by atoms with Crippen molar-refractivity contribution in [3.63, 3.8) is 0 Å². The first kappa shape index (κ1) is 17.2. The monoisotopic (exact) mass is 357 g/mol. The van der Waals surface area contributed by atoms with Crippen molar-refractivity contribution in [2.75, 3.05) is 25.5 Å². The number of aromatic nitrogens is 1. The summed E-state index contributed by atoms with van der Waals surface area (Å²) in [5.74, 6) is 1.43. The van der Waals surface area contributed by atoms with E-state index in [4.69, 9.17) is 4.74 Å². The van der Waals surface area contributed by atoms with Gasteiger partial charge in [-0.05, 0) is 30.6 Å². The fourth-order valence-electron chi connectivity index (χ4n) is 2.42. The average Bonchev–Trinajstić information content (AvgIpc) is 2.65. The molecule has 0 saturated heterocycles. The molecule has 0 amide bonds. The molecule has 0 radical (unpaired) electrons. The molecule has 1 heterocycles. The summed E-state index contributed by atoms with van der Waals surface area (Å²) in [4.78, 5) is 4.23. The highest BCUT2D eigenvalue weighted by molar-refractivity contribution is 7.89. The third-order valence-corrected chi connectivity index (χ3v) is 5.13. The Balaban J connectivity index is 1.56. The molecule has 2 aromatic carbocycles. The second kappa shape index (κ2) is 7.50. The van der Waals surface area contributed by atoms with E-state index in [-0.39, 0.29) is 4.90 Å². The molecule has 0 aliphatic carbocycles. The standard InChI is InChI=1S/C18H19N3O3S/c1-19-25(22,23)15-9-10-18(21-13-15)20-11-12-24-17-8-4-6-14-5-2-3-7-16(14)17/h2-10,13,19H,11-12H2,1H3,(H,20,21). The second-order valence-corrected chi connectivity index (χ2v) is 7.23. The molecule has 7 heteroatoms. The molecule has 0 fully saturated rings. The fraction of sp³-hybridized carbons (Fsp3) is 0.167. The Bertz CT molecular complexity index is 951. The molecule has 0 aliphatic heterocycles. The number of rotatable bonds is 7. The number of pyridine rings is 1. The maximum atomic E-state index is 11.6. The third-order valence-electron chi connectivity index (χ3n) is 3.73. The van der Waals surface area contributed by atoms with Crippen LogP contribution in [0.5, 0.6) is 5.75 Å². The average molecular weight is 357 g/mol. The molecule has 130 valence electrons. The van der Waals surface area contributed by atoms with Gasteiger partial charge >= 0.3 is 0 Å². The van der Waals surface area contributed by atoms with E-state index >= 15 is 0 Å². The van der Waals surface area contributed by atoms with Crippen molar-refractivity contribution in [3.05, 3.63) is 60.8 Å². The van der Waals surface area contributed by atoms with Gasteiger partial charge in [-0.3, -0.25) is 0 Å². The van der Waals surface area contributed by atoms with E-state index in [9.17, 15) is 8.42 Å². The lowest BCUT2D eigenvalue weighted by Gasteiger charge is -2.10. The van der Waals surface area contributed by atoms with Gasteiger partial charge in [-0.25, -0.2) is 18.1 Å². The first-order valence-corrected chi connectivity index (χ1v) is 9.32. The van der Waals surface area contributed by atoms with Crippen LogP contribution in [0.25, 0.3) is 10.8 Å². The summed E-state index contributed by atoms with van der Waals surface area (Å²) in [7, 11) is -2.09. The zero-order valence-corrected chi connectivity index (χ0v) is 14.6. The van der Waals surface area contributed by atoms with Gasteiger partial charge in [-0.15, -0.1) is 0 Å².